The first-order valence-electron chi connectivity index (χ1n) is 7.17. The van der Waals surface area contributed by atoms with Crippen molar-refractivity contribution in [3.63, 3.8) is 0 Å². The monoisotopic (exact) mass is 271 g/mol. The topological polar surface area (TPSA) is 30.3 Å². The summed E-state index contributed by atoms with van der Waals surface area (Å²) in [6, 6.07) is 10.5. The Hall–Kier alpha value is -1.65. The third kappa shape index (κ3) is 3.08. The van der Waals surface area contributed by atoms with Crippen LogP contribution in [0.5, 0.6) is 0 Å². The lowest BCUT2D eigenvalue weighted by molar-refractivity contribution is -0.0704. The van der Waals surface area contributed by atoms with E-state index in [2.05, 4.69) is 48.1 Å². The van der Waals surface area contributed by atoms with Gasteiger partial charge in [-0.2, -0.15) is 5.10 Å². The molecule has 0 bridgehead atoms. The van der Waals surface area contributed by atoms with E-state index in [-0.39, 0.29) is 0 Å². The third-order valence-electron chi connectivity index (χ3n) is 3.61. The highest BCUT2D eigenvalue weighted by Gasteiger charge is 2.21. The molecule has 4 heteroatoms. The Bertz CT molecular complexity index is 525. The van der Waals surface area contributed by atoms with E-state index in [4.69, 9.17) is 4.74 Å². The van der Waals surface area contributed by atoms with Crippen LogP contribution in [0.15, 0.2) is 42.7 Å². The van der Waals surface area contributed by atoms with E-state index in [0.717, 1.165) is 25.3 Å². The van der Waals surface area contributed by atoms with Crippen LogP contribution in [0.25, 0.3) is 5.69 Å². The van der Waals surface area contributed by atoms with E-state index in [0.29, 0.717) is 12.2 Å². The summed E-state index contributed by atoms with van der Waals surface area (Å²) in [7, 11) is 0. The number of nitrogens with zero attached hydrogens (tertiary/aromatic N) is 3. The zero-order valence-corrected chi connectivity index (χ0v) is 12.1. The van der Waals surface area contributed by atoms with Crippen LogP contribution in [-0.2, 0) is 11.3 Å². The lowest BCUT2D eigenvalue weighted by Gasteiger charge is -2.35. The van der Waals surface area contributed by atoms with Gasteiger partial charge in [0.05, 0.1) is 17.9 Å². The number of rotatable bonds is 3. The fraction of sp³-hybridized carbons (Fsp3) is 0.438. The summed E-state index contributed by atoms with van der Waals surface area (Å²) in [4.78, 5) is 2.46. The normalized spacial score (nSPS) is 23.9. The molecule has 2 atom stereocenters. The highest BCUT2D eigenvalue weighted by molar-refractivity contribution is 5.33. The van der Waals surface area contributed by atoms with E-state index < -0.39 is 0 Å². The largest absolute Gasteiger partial charge is 0.373 e. The van der Waals surface area contributed by atoms with E-state index >= 15 is 0 Å². The van der Waals surface area contributed by atoms with Crippen molar-refractivity contribution < 1.29 is 4.74 Å². The maximum atomic E-state index is 5.77. The minimum absolute atomic E-state index is 0.321. The average Bonchev–Trinajstić information content (AvgIpc) is 2.92. The number of morpholine rings is 1. The minimum Gasteiger partial charge on any atom is -0.373 e. The first-order valence-corrected chi connectivity index (χ1v) is 7.17. The zero-order valence-electron chi connectivity index (χ0n) is 12.1. The molecule has 1 aliphatic rings. The van der Waals surface area contributed by atoms with Gasteiger partial charge in [0.1, 0.15) is 0 Å². The van der Waals surface area contributed by atoms with Crippen molar-refractivity contribution in [3.05, 3.63) is 48.3 Å². The van der Waals surface area contributed by atoms with E-state index in [1.807, 2.05) is 16.9 Å². The van der Waals surface area contributed by atoms with Gasteiger partial charge in [0, 0.05) is 32.0 Å². The maximum Gasteiger partial charge on any atom is 0.0678 e. The SMILES string of the molecule is CC1CN(Cc2ccc(-n3cccn3)cc2)CC(C)O1. The average molecular weight is 271 g/mol. The van der Waals surface area contributed by atoms with Crippen LogP contribution in [0.2, 0.25) is 0 Å². The van der Waals surface area contributed by atoms with Gasteiger partial charge < -0.3 is 4.74 Å². The van der Waals surface area contributed by atoms with Gasteiger partial charge in [-0.15, -0.1) is 0 Å². The Morgan fingerprint density at radius 3 is 2.45 bits per heavy atom. The quantitative estimate of drug-likeness (QED) is 0.859. The zero-order chi connectivity index (χ0) is 13.9. The van der Waals surface area contributed by atoms with Crippen molar-refractivity contribution in [2.24, 2.45) is 0 Å². The van der Waals surface area contributed by atoms with Crippen molar-refractivity contribution in [1.29, 1.82) is 0 Å². The highest BCUT2D eigenvalue weighted by atomic mass is 16.5. The van der Waals surface area contributed by atoms with Crippen molar-refractivity contribution in [1.82, 2.24) is 14.7 Å². The molecular formula is C16H21N3O. The summed E-state index contributed by atoms with van der Waals surface area (Å²) < 4.78 is 7.65. The smallest absolute Gasteiger partial charge is 0.0678 e. The van der Waals surface area contributed by atoms with E-state index in [1.54, 1.807) is 6.20 Å². The molecule has 0 amide bonds. The van der Waals surface area contributed by atoms with Crippen molar-refractivity contribution in [3.8, 4) is 5.69 Å². The second-order valence-corrected chi connectivity index (χ2v) is 5.57. The Morgan fingerprint density at radius 1 is 1.15 bits per heavy atom. The Morgan fingerprint density at radius 2 is 1.85 bits per heavy atom. The second-order valence-electron chi connectivity index (χ2n) is 5.57. The van der Waals surface area contributed by atoms with Gasteiger partial charge in [0.15, 0.2) is 0 Å². The summed E-state index contributed by atoms with van der Waals surface area (Å²) >= 11 is 0. The first-order chi connectivity index (χ1) is 9.70. The molecular weight excluding hydrogens is 250 g/mol. The van der Waals surface area contributed by atoms with Crippen LogP contribution >= 0.6 is 0 Å². The molecule has 0 radical (unpaired) electrons. The molecule has 0 spiro atoms. The Balaban J connectivity index is 1.66. The summed E-state index contributed by atoms with van der Waals surface area (Å²) in [5, 5.41) is 4.24. The first kappa shape index (κ1) is 13.3. The van der Waals surface area contributed by atoms with Crippen LogP contribution in [0.3, 0.4) is 0 Å². The molecule has 0 N–H and O–H groups in total. The molecule has 2 unspecified atom stereocenters. The summed E-state index contributed by atoms with van der Waals surface area (Å²) in [5.74, 6) is 0. The molecule has 1 aliphatic heterocycles. The molecule has 4 nitrogen and oxygen atoms in total. The minimum atomic E-state index is 0.321. The number of benzene rings is 1. The molecule has 0 aliphatic carbocycles. The Labute approximate surface area is 120 Å². The lowest BCUT2D eigenvalue weighted by atomic mass is 10.1. The van der Waals surface area contributed by atoms with Crippen molar-refractivity contribution in [2.45, 2.75) is 32.6 Å². The third-order valence-corrected chi connectivity index (χ3v) is 3.61. The lowest BCUT2D eigenvalue weighted by Crippen LogP contribution is -2.44. The van der Waals surface area contributed by atoms with Crippen molar-refractivity contribution >= 4 is 0 Å². The number of aromatic nitrogens is 2. The summed E-state index contributed by atoms with van der Waals surface area (Å²) in [6.07, 6.45) is 4.40. The molecule has 0 saturated carbocycles. The molecule has 3 rings (SSSR count). The molecule has 1 aromatic heterocycles. The highest BCUT2D eigenvalue weighted by Crippen LogP contribution is 2.15. The molecule has 1 saturated heterocycles. The van der Waals surface area contributed by atoms with Crippen LogP contribution in [0.4, 0.5) is 0 Å². The van der Waals surface area contributed by atoms with Gasteiger partial charge in [0.25, 0.3) is 0 Å². The molecule has 2 aromatic rings. The number of hydrogen-bond acceptors (Lipinski definition) is 3. The summed E-state index contributed by atoms with van der Waals surface area (Å²) in [5.41, 5.74) is 2.43. The van der Waals surface area contributed by atoms with Gasteiger partial charge in [-0.1, -0.05) is 12.1 Å². The van der Waals surface area contributed by atoms with Crippen LogP contribution in [-0.4, -0.2) is 40.0 Å². The maximum absolute atomic E-state index is 5.77. The molecule has 106 valence electrons. The molecule has 1 fully saturated rings. The van der Waals surface area contributed by atoms with Gasteiger partial charge in [-0.3, -0.25) is 4.90 Å². The van der Waals surface area contributed by atoms with Gasteiger partial charge in [-0.25, -0.2) is 4.68 Å². The van der Waals surface area contributed by atoms with Gasteiger partial charge in [-0.05, 0) is 37.6 Å². The predicted molar refractivity (Wildman–Crippen MR) is 78.9 cm³/mol. The number of hydrogen-bond donors (Lipinski definition) is 0. The fourth-order valence-electron chi connectivity index (χ4n) is 2.85. The fourth-order valence-corrected chi connectivity index (χ4v) is 2.85. The van der Waals surface area contributed by atoms with Gasteiger partial charge >= 0.3 is 0 Å². The van der Waals surface area contributed by atoms with Gasteiger partial charge in [0.2, 0.25) is 0 Å². The van der Waals surface area contributed by atoms with Crippen LogP contribution in [0.1, 0.15) is 19.4 Å². The standard InChI is InChI=1S/C16H21N3O/c1-13-10-18(11-14(2)20-13)12-15-4-6-16(7-5-15)19-9-3-8-17-19/h3-9,13-14H,10-12H2,1-2H3. The van der Waals surface area contributed by atoms with Crippen LogP contribution < -0.4 is 0 Å². The molecule has 20 heavy (non-hydrogen) atoms. The predicted octanol–water partition coefficient (Wildman–Crippen LogP) is 2.48. The van der Waals surface area contributed by atoms with E-state index in [9.17, 15) is 0 Å². The molecule has 2 heterocycles. The van der Waals surface area contributed by atoms with Crippen molar-refractivity contribution in [2.75, 3.05) is 13.1 Å². The van der Waals surface area contributed by atoms with E-state index in [1.165, 1.54) is 5.56 Å². The molecule has 1 aromatic carbocycles. The van der Waals surface area contributed by atoms with Crippen LogP contribution in [0, 0.1) is 0 Å². The number of ether oxygens (including phenoxy) is 1. The Kier molecular flexibility index (Phi) is 3.85. The summed E-state index contributed by atoms with van der Waals surface area (Å²) in [6.45, 7) is 7.28. The second kappa shape index (κ2) is 5.77.